The number of carbonyl (C=O) groups excluding carboxylic acids is 1. The third-order valence-electron chi connectivity index (χ3n) is 4.01. The average Bonchev–Trinajstić information content (AvgIpc) is 3.11. The second-order valence-corrected chi connectivity index (χ2v) is 6.61. The fourth-order valence-corrected chi connectivity index (χ4v) is 3.71. The zero-order chi connectivity index (χ0) is 16.5. The first kappa shape index (κ1) is 15.0. The van der Waals surface area contributed by atoms with Crippen molar-refractivity contribution in [1.29, 1.82) is 0 Å². The van der Waals surface area contributed by atoms with Crippen LogP contribution in [0.15, 0.2) is 48.8 Å². The van der Waals surface area contributed by atoms with E-state index in [1.54, 1.807) is 23.4 Å². The maximum atomic E-state index is 13.6. The van der Waals surface area contributed by atoms with Crippen LogP contribution in [0.1, 0.15) is 21.7 Å². The average molecular weight is 339 g/mol. The van der Waals surface area contributed by atoms with Gasteiger partial charge in [-0.2, -0.15) is 0 Å². The Balaban J connectivity index is 1.66. The summed E-state index contributed by atoms with van der Waals surface area (Å²) in [5, 5.41) is 0.704. The SMILES string of the molecule is O=C(c1cnc(-c2ccccn2)s1)N1CCCc2ccc(F)cc21. The van der Waals surface area contributed by atoms with E-state index in [-0.39, 0.29) is 11.7 Å². The van der Waals surface area contributed by atoms with E-state index in [1.807, 2.05) is 18.2 Å². The van der Waals surface area contributed by atoms with Gasteiger partial charge in [-0.25, -0.2) is 9.37 Å². The van der Waals surface area contributed by atoms with E-state index < -0.39 is 0 Å². The molecule has 0 N–H and O–H groups in total. The van der Waals surface area contributed by atoms with Crippen molar-refractivity contribution in [3.05, 3.63) is 65.0 Å². The highest BCUT2D eigenvalue weighted by atomic mass is 32.1. The summed E-state index contributed by atoms with van der Waals surface area (Å²) in [5.74, 6) is -0.465. The first-order chi connectivity index (χ1) is 11.7. The van der Waals surface area contributed by atoms with E-state index in [0.717, 1.165) is 24.1 Å². The molecule has 0 aliphatic carbocycles. The minimum Gasteiger partial charge on any atom is -0.307 e. The Morgan fingerprint density at radius 3 is 2.96 bits per heavy atom. The Morgan fingerprint density at radius 2 is 2.12 bits per heavy atom. The maximum absolute atomic E-state index is 13.6. The summed E-state index contributed by atoms with van der Waals surface area (Å²) in [5.41, 5.74) is 2.41. The fourth-order valence-electron chi connectivity index (χ4n) is 2.87. The quantitative estimate of drug-likeness (QED) is 0.710. The van der Waals surface area contributed by atoms with Gasteiger partial charge < -0.3 is 4.90 Å². The molecule has 3 heterocycles. The molecule has 0 unspecified atom stereocenters. The van der Waals surface area contributed by atoms with Crippen molar-refractivity contribution < 1.29 is 9.18 Å². The standard InChI is InChI=1S/C18H14FN3OS/c19-13-7-6-12-4-3-9-22(15(12)10-13)18(23)16-11-21-17(24-16)14-5-1-2-8-20-14/h1-2,5-8,10-11H,3-4,9H2. The number of hydrogen-bond acceptors (Lipinski definition) is 4. The van der Waals surface area contributed by atoms with Gasteiger partial charge in [-0.3, -0.25) is 9.78 Å². The highest BCUT2D eigenvalue weighted by molar-refractivity contribution is 7.17. The van der Waals surface area contributed by atoms with Crippen LogP contribution in [-0.2, 0) is 6.42 Å². The van der Waals surface area contributed by atoms with Crippen LogP contribution in [0.5, 0.6) is 0 Å². The molecule has 3 aromatic rings. The number of nitrogens with zero attached hydrogens (tertiary/aromatic N) is 3. The summed E-state index contributed by atoms with van der Waals surface area (Å²) in [7, 11) is 0. The minimum absolute atomic E-state index is 0.138. The fraction of sp³-hybridized carbons (Fsp3) is 0.167. The second kappa shape index (κ2) is 6.13. The van der Waals surface area contributed by atoms with Crippen molar-refractivity contribution >= 4 is 22.9 Å². The van der Waals surface area contributed by atoms with E-state index in [9.17, 15) is 9.18 Å². The molecule has 1 amide bonds. The van der Waals surface area contributed by atoms with Crippen molar-refractivity contribution in [2.24, 2.45) is 0 Å². The highest BCUT2D eigenvalue weighted by Gasteiger charge is 2.25. The smallest absolute Gasteiger partial charge is 0.270 e. The van der Waals surface area contributed by atoms with Gasteiger partial charge >= 0.3 is 0 Å². The molecule has 0 atom stereocenters. The predicted molar refractivity (Wildman–Crippen MR) is 91.7 cm³/mol. The zero-order valence-electron chi connectivity index (χ0n) is 12.8. The number of halogens is 1. The van der Waals surface area contributed by atoms with Gasteiger partial charge in [0, 0.05) is 12.7 Å². The number of carbonyl (C=O) groups is 1. The van der Waals surface area contributed by atoms with Gasteiger partial charge in [0.05, 0.1) is 17.6 Å². The van der Waals surface area contributed by atoms with E-state index in [0.29, 0.717) is 22.1 Å². The second-order valence-electron chi connectivity index (χ2n) is 5.58. The topological polar surface area (TPSA) is 46.1 Å². The maximum Gasteiger partial charge on any atom is 0.270 e. The van der Waals surface area contributed by atoms with Gasteiger partial charge in [0.15, 0.2) is 0 Å². The van der Waals surface area contributed by atoms with E-state index in [4.69, 9.17) is 0 Å². The van der Waals surface area contributed by atoms with Crippen LogP contribution in [0.2, 0.25) is 0 Å². The number of aromatic nitrogens is 2. The van der Waals surface area contributed by atoms with Gasteiger partial charge in [0.1, 0.15) is 15.7 Å². The normalized spacial score (nSPS) is 13.6. The van der Waals surface area contributed by atoms with Crippen LogP contribution in [-0.4, -0.2) is 22.4 Å². The van der Waals surface area contributed by atoms with Crippen LogP contribution >= 0.6 is 11.3 Å². The summed E-state index contributed by atoms with van der Waals surface area (Å²) in [6.07, 6.45) is 5.00. The van der Waals surface area contributed by atoms with Crippen LogP contribution in [0.4, 0.5) is 10.1 Å². The van der Waals surface area contributed by atoms with E-state index in [1.165, 1.54) is 23.5 Å². The Kier molecular flexibility index (Phi) is 3.82. The van der Waals surface area contributed by atoms with E-state index >= 15 is 0 Å². The first-order valence-corrected chi connectivity index (χ1v) is 8.51. The van der Waals surface area contributed by atoms with Gasteiger partial charge in [0.25, 0.3) is 5.91 Å². The van der Waals surface area contributed by atoms with E-state index in [2.05, 4.69) is 9.97 Å². The van der Waals surface area contributed by atoms with Crippen molar-refractivity contribution in [3.8, 4) is 10.7 Å². The lowest BCUT2D eigenvalue weighted by atomic mass is 10.0. The molecule has 24 heavy (non-hydrogen) atoms. The van der Waals surface area contributed by atoms with Crippen LogP contribution < -0.4 is 4.90 Å². The lowest BCUT2D eigenvalue weighted by molar-refractivity contribution is 0.0989. The third-order valence-corrected chi connectivity index (χ3v) is 5.02. The molecule has 0 fully saturated rings. The molecule has 0 saturated heterocycles. The largest absolute Gasteiger partial charge is 0.307 e. The zero-order valence-corrected chi connectivity index (χ0v) is 13.6. The van der Waals surface area contributed by atoms with Crippen molar-refractivity contribution in [2.75, 3.05) is 11.4 Å². The molecule has 1 aromatic carbocycles. The molecule has 0 bridgehead atoms. The molecular formula is C18H14FN3OS. The van der Waals surface area contributed by atoms with Crippen molar-refractivity contribution in [1.82, 2.24) is 9.97 Å². The van der Waals surface area contributed by atoms with Crippen molar-refractivity contribution in [3.63, 3.8) is 0 Å². The van der Waals surface area contributed by atoms with Crippen LogP contribution in [0.25, 0.3) is 10.7 Å². The van der Waals surface area contributed by atoms with Gasteiger partial charge in [-0.05, 0) is 42.7 Å². The first-order valence-electron chi connectivity index (χ1n) is 7.70. The van der Waals surface area contributed by atoms with Gasteiger partial charge in [0.2, 0.25) is 0 Å². The molecule has 0 spiro atoms. The van der Waals surface area contributed by atoms with Crippen LogP contribution in [0, 0.1) is 5.82 Å². The number of hydrogen-bond donors (Lipinski definition) is 0. The highest BCUT2D eigenvalue weighted by Crippen LogP contribution is 2.31. The molecule has 0 saturated carbocycles. The lowest BCUT2D eigenvalue weighted by Crippen LogP contribution is -2.35. The number of rotatable bonds is 2. The summed E-state index contributed by atoms with van der Waals surface area (Å²) in [6.45, 7) is 0.589. The molecular weight excluding hydrogens is 325 g/mol. The number of pyridine rings is 1. The number of aryl methyl sites for hydroxylation is 1. The molecule has 4 rings (SSSR count). The lowest BCUT2D eigenvalue weighted by Gasteiger charge is -2.29. The summed E-state index contributed by atoms with van der Waals surface area (Å²) < 4.78 is 13.6. The summed E-state index contributed by atoms with van der Waals surface area (Å²) in [6, 6.07) is 10.2. The van der Waals surface area contributed by atoms with Crippen LogP contribution in [0.3, 0.4) is 0 Å². The minimum atomic E-state index is -0.327. The Labute approximate surface area is 142 Å². The number of amides is 1. The Hall–Kier alpha value is -2.60. The number of benzene rings is 1. The summed E-state index contributed by atoms with van der Waals surface area (Å²) in [4.78, 5) is 23.6. The Morgan fingerprint density at radius 1 is 1.21 bits per heavy atom. The third kappa shape index (κ3) is 2.69. The molecule has 4 nitrogen and oxygen atoms in total. The van der Waals surface area contributed by atoms with Gasteiger partial charge in [-0.15, -0.1) is 11.3 Å². The number of thiazole rings is 1. The molecule has 120 valence electrons. The Bertz CT molecular complexity index is 894. The van der Waals surface area contributed by atoms with Crippen molar-refractivity contribution in [2.45, 2.75) is 12.8 Å². The number of fused-ring (bicyclic) bond motifs is 1. The summed E-state index contributed by atoms with van der Waals surface area (Å²) >= 11 is 1.31. The molecule has 1 aliphatic rings. The predicted octanol–water partition coefficient (Wildman–Crippen LogP) is 3.94. The molecule has 0 radical (unpaired) electrons. The molecule has 1 aliphatic heterocycles. The molecule has 2 aromatic heterocycles. The number of anilines is 1. The monoisotopic (exact) mass is 339 g/mol. The van der Waals surface area contributed by atoms with Gasteiger partial charge in [-0.1, -0.05) is 12.1 Å². The molecule has 6 heteroatoms.